The molecule has 0 spiro atoms. The Hall–Kier alpha value is -2.49. The first kappa shape index (κ1) is 24.6. The van der Waals surface area contributed by atoms with Gasteiger partial charge in [0.2, 0.25) is 11.8 Å². The molecule has 0 fully saturated rings. The van der Waals surface area contributed by atoms with Gasteiger partial charge >= 0.3 is 7.12 Å². The van der Waals surface area contributed by atoms with Crippen LogP contribution in [0.4, 0.5) is 0 Å². The smallest absolute Gasteiger partial charge is 0.426 e. The summed E-state index contributed by atoms with van der Waals surface area (Å²) in [5.41, 5.74) is 3.05. The van der Waals surface area contributed by atoms with Crippen LogP contribution in [-0.2, 0) is 20.8 Å². The van der Waals surface area contributed by atoms with Crippen LogP contribution in [0.2, 0.25) is 0 Å². The molecule has 4 N–H and O–H groups in total. The van der Waals surface area contributed by atoms with Gasteiger partial charge < -0.3 is 25.6 Å². The third kappa shape index (κ3) is 9.51. The van der Waals surface area contributed by atoms with Gasteiger partial charge in [-0.1, -0.05) is 23.8 Å². The van der Waals surface area contributed by atoms with E-state index >= 15 is 0 Å². The fraction of sp³-hybridized carbons (Fsp3) is 0.450. The molecule has 1 aromatic rings. The minimum Gasteiger partial charge on any atom is -0.426 e. The predicted octanol–water partition coefficient (Wildman–Crippen LogP) is -0.464. The van der Waals surface area contributed by atoms with Crippen LogP contribution < -0.4 is 10.6 Å². The van der Waals surface area contributed by atoms with Crippen molar-refractivity contribution in [1.29, 1.82) is 0 Å². The molecule has 1 aromatic carbocycles. The normalized spacial score (nSPS) is 11.9. The minimum atomic E-state index is -1.69. The number of aryl methyl sites for hydroxylation is 2. The van der Waals surface area contributed by atoms with Crippen molar-refractivity contribution in [2.45, 2.75) is 32.6 Å². The number of ketones is 1. The van der Waals surface area contributed by atoms with Crippen molar-refractivity contribution in [2.75, 3.05) is 27.2 Å². The van der Waals surface area contributed by atoms with Gasteiger partial charge in [0.15, 0.2) is 5.78 Å². The lowest BCUT2D eigenvalue weighted by Gasteiger charge is -2.19. The van der Waals surface area contributed by atoms with Gasteiger partial charge in [-0.25, -0.2) is 0 Å². The molecular formula is C20H30BN3O5. The highest BCUT2D eigenvalue weighted by Gasteiger charge is 2.25. The fourth-order valence-electron chi connectivity index (χ4n) is 2.61. The number of likely N-dealkylation sites (N-methyl/N-ethyl adjacent to an activating group) is 1. The van der Waals surface area contributed by atoms with E-state index in [0.29, 0.717) is 6.42 Å². The molecule has 0 saturated heterocycles. The predicted molar refractivity (Wildman–Crippen MR) is 112 cm³/mol. The molecule has 0 aliphatic heterocycles. The zero-order chi connectivity index (χ0) is 22.0. The molecule has 1 rings (SSSR count). The van der Waals surface area contributed by atoms with Crippen LogP contribution in [0.15, 0.2) is 30.4 Å². The van der Waals surface area contributed by atoms with Crippen LogP contribution in [-0.4, -0.2) is 72.8 Å². The number of carbonyl (C=O) groups is 3. The van der Waals surface area contributed by atoms with E-state index in [-0.39, 0.29) is 31.2 Å². The van der Waals surface area contributed by atoms with Crippen LogP contribution in [0.5, 0.6) is 0 Å². The lowest BCUT2D eigenvalue weighted by Crippen LogP contribution is -2.50. The number of rotatable bonds is 11. The highest BCUT2D eigenvalue weighted by Crippen LogP contribution is 2.13. The van der Waals surface area contributed by atoms with E-state index < -0.39 is 19.0 Å². The Labute approximate surface area is 172 Å². The Morgan fingerprint density at radius 1 is 1.17 bits per heavy atom. The lowest BCUT2D eigenvalue weighted by atomic mass is 9.75. The highest BCUT2D eigenvalue weighted by molar-refractivity contribution is 6.43. The number of nitrogens with one attached hydrogen (secondary N) is 2. The van der Waals surface area contributed by atoms with E-state index in [0.717, 1.165) is 16.7 Å². The van der Waals surface area contributed by atoms with Crippen LogP contribution in [0.1, 0.15) is 23.1 Å². The summed E-state index contributed by atoms with van der Waals surface area (Å²) in [6.45, 7) is 4.10. The number of allylic oxidation sites excluding steroid dienone is 1. The van der Waals surface area contributed by atoms with Gasteiger partial charge in [-0.3, -0.25) is 14.4 Å². The highest BCUT2D eigenvalue weighted by atomic mass is 16.4. The Bertz CT molecular complexity index is 750. The molecule has 0 unspecified atom stereocenters. The SMILES string of the molecule is Cc1ccc(C[C@H](NC(=O)CNCCC(=O)/C=C/C(=O)N(C)C)B(O)O)c(C)c1. The maximum atomic E-state index is 12.1. The first-order valence-corrected chi connectivity index (χ1v) is 9.44. The maximum absolute atomic E-state index is 12.1. The summed E-state index contributed by atoms with van der Waals surface area (Å²) in [4.78, 5) is 36.5. The second-order valence-electron chi connectivity index (χ2n) is 7.18. The van der Waals surface area contributed by atoms with E-state index in [4.69, 9.17) is 0 Å². The maximum Gasteiger partial charge on any atom is 0.475 e. The van der Waals surface area contributed by atoms with E-state index in [1.807, 2.05) is 32.0 Å². The number of hydrogen-bond donors (Lipinski definition) is 4. The summed E-state index contributed by atoms with van der Waals surface area (Å²) in [5.74, 6) is -1.75. The molecule has 158 valence electrons. The number of nitrogens with zero attached hydrogens (tertiary/aromatic N) is 1. The van der Waals surface area contributed by atoms with Crippen molar-refractivity contribution in [1.82, 2.24) is 15.5 Å². The molecule has 0 aliphatic rings. The summed E-state index contributed by atoms with van der Waals surface area (Å²) >= 11 is 0. The summed E-state index contributed by atoms with van der Waals surface area (Å²) in [7, 11) is 1.49. The molecule has 1 atom stereocenters. The second kappa shape index (κ2) is 12.2. The van der Waals surface area contributed by atoms with Crippen LogP contribution in [0.25, 0.3) is 0 Å². The van der Waals surface area contributed by atoms with Gasteiger partial charge in [-0.15, -0.1) is 0 Å². The molecule has 0 radical (unpaired) electrons. The molecule has 9 heteroatoms. The van der Waals surface area contributed by atoms with Crippen LogP contribution in [0.3, 0.4) is 0 Å². The monoisotopic (exact) mass is 403 g/mol. The number of benzene rings is 1. The number of amides is 2. The summed E-state index contributed by atoms with van der Waals surface area (Å²) in [6, 6.07) is 5.84. The largest absolute Gasteiger partial charge is 0.475 e. The second-order valence-corrected chi connectivity index (χ2v) is 7.18. The quantitative estimate of drug-likeness (QED) is 0.226. The molecule has 2 amide bonds. The first-order valence-electron chi connectivity index (χ1n) is 9.44. The third-order valence-corrected chi connectivity index (χ3v) is 4.33. The molecular weight excluding hydrogens is 373 g/mol. The summed E-state index contributed by atoms with van der Waals surface area (Å²) in [5, 5.41) is 24.6. The van der Waals surface area contributed by atoms with Gasteiger partial charge in [-0.2, -0.15) is 0 Å². The van der Waals surface area contributed by atoms with E-state index in [1.54, 1.807) is 14.1 Å². The lowest BCUT2D eigenvalue weighted by molar-refractivity contribution is -0.124. The van der Waals surface area contributed by atoms with Crippen LogP contribution in [0, 0.1) is 13.8 Å². The molecule has 0 aliphatic carbocycles. The molecule has 8 nitrogen and oxygen atoms in total. The molecule has 0 bridgehead atoms. The van der Waals surface area contributed by atoms with Crippen molar-refractivity contribution in [2.24, 2.45) is 0 Å². The number of carbonyl (C=O) groups excluding carboxylic acids is 3. The van der Waals surface area contributed by atoms with Gasteiger partial charge in [0, 0.05) is 33.1 Å². The summed E-state index contributed by atoms with van der Waals surface area (Å²) in [6.07, 6.45) is 2.85. The van der Waals surface area contributed by atoms with Gasteiger partial charge in [0.1, 0.15) is 0 Å². The molecule has 29 heavy (non-hydrogen) atoms. The van der Waals surface area contributed by atoms with Crippen molar-refractivity contribution < 1.29 is 24.4 Å². The Balaban J connectivity index is 2.42. The van der Waals surface area contributed by atoms with Crippen molar-refractivity contribution in [3.63, 3.8) is 0 Å². The van der Waals surface area contributed by atoms with E-state index in [2.05, 4.69) is 10.6 Å². The molecule has 0 saturated carbocycles. The van der Waals surface area contributed by atoms with Crippen molar-refractivity contribution >= 4 is 24.7 Å². The standard InChI is InChI=1S/C20H30BN3O5/c1-14-5-6-16(15(2)11-14)12-18(21(28)29)23-19(26)13-22-10-9-17(25)7-8-20(27)24(3)4/h5-8,11,18,22,28-29H,9-10,12-13H2,1-4H3,(H,23,26)/b8-7+/t18-/m0/s1. The molecule has 0 heterocycles. The Kier molecular flexibility index (Phi) is 10.3. The van der Waals surface area contributed by atoms with Gasteiger partial charge in [0.25, 0.3) is 0 Å². The Morgan fingerprint density at radius 2 is 1.86 bits per heavy atom. The van der Waals surface area contributed by atoms with Crippen molar-refractivity contribution in [3.8, 4) is 0 Å². The average Bonchev–Trinajstić information content (AvgIpc) is 2.64. The first-order chi connectivity index (χ1) is 13.6. The topological polar surface area (TPSA) is 119 Å². The zero-order valence-electron chi connectivity index (χ0n) is 17.4. The number of hydrogen-bond acceptors (Lipinski definition) is 6. The molecule has 0 aromatic heterocycles. The minimum absolute atomic E-state index is 0.0658. The van der Waals surface area contributed by atoms with E-state index in [9.17, 15) is 24.4 Å². The third-order valence-electron chi connectivity index (χ3n) is 4.33. The summed E-state index contributed by atoms with van der Waals surface area (Å²) < 4.78 is 0. The van der Waals surface area contributed by atoms with Gasteiger partial charge in [0.05, 0.1) is 12.5 Å². The van der Waals surface area contributed by atoms with Crippen LogP contribution >= 0.6 is 0 Å². The zero-order valence-corrected chi connectivity index (χ0v) is 17.4. The van der Waals surface area contributed by atoms with Crippen molar-refractivity contribution in [3.05, 3.63) is 47.0 Å². The van der Waals surface area contributed by atoms with E-state index in [1.165, 1.54) is 17.1 Å². The average molecular weight is 403 g/mol. The fourth-order valence-corrected chi connectivity index (χ4v) is 2.61. The Morgan fingerprint density at radius 3 is 2.45 bits per heavy atom. The van der Waals surface area contributed by atoms with Gasteiger partial charge in [-0.05, 0) is 37.5 Å².